The molecule has 0 aliphatic carbocycles. The van der Waals surface area contributed by atoms with E-state index in [1.807, 2.05) is 12.1 Å². The summed E-state index contributed by atoms with van der Waals surface area (Å²) < 4.78 is 16.1. The molecule has 1 fully saturated rings. The zero-order valence-corrected chi connectivity index (χ0v) is 22.6. The Morgan fingerprint density at radius 2 is 1.85 bits per heavy atom. The maximum absolute atomic E-state index is 12.8. The lowest BCUT2D eigenvalue weighted by Crippen LogP contribution is -2.46. The Morgan fingerprint density at radius 3 is 2.59 bits per heavy atom. The molecular weight excluding hydrogens is 540 g/mol. The first-order chi connectivity index (χ1) is 16.1. The van der Waals surface area contributed by atoms with E-state index in [1.165, 1.54) is 10.4 Å². The number of piperazine rings is 1. The molecule has 3 aromatic rings. The Morgan fingerprint density at radius 1 is 1.09 bits per heavy atom. The van der Waals surface area contributed by atoms with Gasteiger partial charge in [-0.15, -0.1) is 12.4 Å². The van der Waals surface area contributed by atoms with Gasteiger partial charge in [0.05, 0.1) is 24.2 Å². The van der Waals surface area contributed by atoms with Crippen molar-refractivity contribution in [2.24, 2.45) is 0 Å². The minimum absolute atomic E-state index is 0. The number of hydrogen-bond acceptors (Lipinski definition) is 7. The number of aromatic nitrogens is 1. The molecule has 1 N–H and O–H groups in total. The van der Waals surface area contributed by atoms with E-state index in [0.29, 0.717) is 23.6 Å². The molecule has 2 aromatic carbocycles. The minimum atomic E-state index is -0.185. The number of halogens is 2. The van der Waals surface area contributed by atoms with E-state index in [1.54, 1.807) is 31.8 Å². The molecule has 0 radical (unpaired) electrons. The fraction of sp³-hybridized carbons (Fsp3) is 0.417. The number of benzene rings is 2. The summed E-state index contributed by atoms with van der Waals surface area (Å²) in [5.74, 6) is 0.799. The number of nitrogens with one attached hydrogen (secondary N) is 1. The number of anilines is 1. The van der Waals surface area contributed by atoms with Crippen molar-refractivity contribution in [3.05, 3.63) is 46.4 Å². The molecule has 7 nitrogen and oxygen atoms in total. The van der Waals surface area contributed by atoms with Gasteiger partial charge in [0.2, 0.25) is 0 Å². The molecule has 1 saturated heterocycles. The Bertz CT molecular complexity index is 1110. The molecule has 0 unspecified atom stereocenters. The number of hydrogen-bond donors (Lipinski definition) is 1. The van der Waals surface area contributed by atoms with Gasteiger partial charge in [0.1, 0.15) is 22.1 Å². The van der Waals surface area contributed by atoms with Crippen LogP contribution in [0, 0.1) is 0 Å². The predicted molar refractivity (Wildman–Crippen MR) is 144 cm³/mol. The van der Waals surface area contributed by atoms with Crippen LogP contribution in [0.4, 0.5) is 5.00 Å². The van der Waals surface area contributed by atoms with Gasteiger partial charge >= 0.3 is 0 Å². The summed E-state index contributed by atoms with van der Waals surface area (Å²) in [6, 6.07) is 11.9. The molecule has 1 aliphatic heterocycles. The molecule has 0 spiro atoms. The second-order valence-corrected chi connectivity index (χ2v) is 9.56. The Hall–Kier alpha value is -2.07. The lowest BCUT2D eigenvalue weighted by Gasteiger charge is -2.35. The largest absolute Gasteiger partial charge is 0.496 e. The average molecular weight is 570 g/mol. The van der Waals surface area contributed by atoms with Crippen LogP contribution >= 0.6 is 39.9 Å². The molecule has 0 atom stereocenters. The highest BCUT2D eigenvalue weighted by Crippen LogP contribution is 2.35. The lowest BCUT2D eigenvalue weighted by molar-refractivity contribution is 0.0946. The van der Waals surface area contributed by atoms with Crippen LogP contribution in [-0.2, 0) is 0 Å². The quantitative estimate of drug-likeness (QED) is 0.373. The Kier molecular flexibility index (Phi) is 9.82. The molecule has 4 rings (SSSR count). The fourth-order valence-corrected chi connectivity index (χ4v) is 5.56. The van der Waals surface area contributed by atoms with Crippen molar-refractivity contribution in [2.45, 2.75) is 12.8 Å². The van der Waals surface area contributed by atoms with Gasteiger partial charge in [-0.1, -0.05) is 12.1 Å². The van der Waals surface area contributed by atoms with E-state index in [0.717, 1.165) is 55.6 Å². The first-order valence-electron chi connectivity index (χ1n) is 11.1. The molecule has 2 heterocycles. The van der Waals surface area contributed by atoms with Gasteiger partial charge in [0, 0.05) is 38.1 Å². The van der Waals surface area contributed by atoms with Gasteiger partial charge in [-0.05, 0) is 71.1 Å². The highest BCUT2D eigenvalue weighted by molar-refractivity contribution is 9.10. The van der Waals surface area contributed by atoms with Crippen molar-refractivity contribution in [1.82, 2.24) is 14.6 Å². The number of unbranched alkanes of at least 4 members (excludes halogenated alkanes) is 1. The van der Waals surface area contributed by atoms with Crippen molar-refractivity contribution in [2.75, 3.05) is 58.4 Å². The Labute approximate surface area is 219 Å². The van der Waals surface area contributed by atoms with Gasteiger partial charge in [0.15, 0.2) is 0 Å². The van der Waals surface area contributed by atoms with Crippen molar-refractivity contribution < 1.29 is 14.3 Å². The van der Waals surface area contributed by atoms with Gasteiger partial charge in [0.25, 0.3) is 5.91 Å². The van der Waals surface area contributed by atoms with E-state index in [9.17, 15) is 4.79 Å². The first-order valence-corrected chi connectivity index (χ1v) is 12.7. The summed E-state index contributed by atoms with van der Waals surface area (Å²) in [7, 11) is 3.10. The minimum Gasteiger partial charge on any atom is -0.496 e. The van der Waals surface area contributed by atoms with Crippen LogP contribution in [0.1, 0.15) is 23.2 Å². The van der Waals surface area contributed by atoms with Crippen LogP contribution < -0.4 is 19.7 Å². The number of nitrogens with zero attached hydrogens (tertiary/aromatic N) is 3. The van der Waals surface area contributed by atoms with Gasteiger partial charge in [-0.2, -0.15) is 4.37 Å². The molecule has 34 heavy (non-hydrogen) atoms. The van der Waals surface area contributed by atoms with E-state index in [-0.39, 0.29) is 18.3 Å². The van der Waals surface area contributed by atoms with Crippen LogP contribution in [0.3, 0.4) is 0 Å². The first kappa shape index (κ1) is 26.5. The van der Waals surface area contributed by atoms with Crippen LogP contribution in [0.2, 0.25) is 0 Å². The summed E-state index contributed by atoms with van der Waals surface area (Å²) in [4.78, 5) is 17.7. The highest BCUT2D eigenvalue weighted by Gasteiger charge is 2.22. The molecule has 1 aliphatic rings. The number of methoxy groups -OCH3 is 2. The summed E-state index contributed by atoms with van der Waals surface area (Å²) >= 11 is 5.03. The average Bonchev–Trinajstić information content (AvgIpc) is 3.28. The molecule has 1 aromatic heterocycles. The van der Waals surface area contributed by atoms with E-state index >= 15 is 0 Å². The summed E-state index contributed by atoms with van der Waals surface area (Å²) in [6.45, 7) is 5.79. The molecule has 0 bridgehead atoms. The lowest BCUT2D eigenvalue weighted by atomic mass is 10.1. The smallest absolute Gasteiger partial charge is 0.258 e. The second kappa shape index (κ2) is 12.6. The molecule has 0 saturated carbocycles. The SMILES string of the molecule is COc1ccc(Br)c(OC)c1C(=O)NCCCCN1CCN(c2snc3ccccc23)CC1.Cl. The third-order valence-electron chi connectivity index (χ3n) is 5.93. The number of carbonyl (C=O) groups is 1. The summed E-state index contributed by atoms with van der Waals surface area (Å²) in [6.07, 6.45) is 1.96. The van der Waals surface area contributed by atoms with Gasteiger partial charge in [-0.3, -0.25) is 9.69 Å². The number of ether oxygens (including phenoxy) is 2. The van der Waals surface area contributed by atoms with E-state index in [2.05, 4.69) is 53.6 Å². The maximum Gasteiger partial charge on any atom is 0.258 e. The third-order valence-corrected chi connectivity index (χ3v) is 7.50. The third kappa shape index (κ3) is 5.94. The molecule has 10 heteroatoms. The number of rotatable bonds is 9. The van der Waals surface area contributed by atoms with Crippen molar-refractivity contribution in [3.8, 4) is 11.5 Å². The maximum atomic E-state index is 12.8. The van der Waals surface area contributed by atoms with Crippen molar-refractivity contribution >= 4 is 61.7 Å². The zero-order chi connectivity index (χ0) is 23.2. The fourth-order valence-electron chi connectivity index (χ4n) is 4.15. The summed E-state index contributed by atoms with van der Waals surface area (Å²) in [5.41, 5.74) is 1.50. The Balaban J connectivity index is 0.00000324. The highest BCUT2D eigenvalue weighted by atomic mass is 79.9. The van der Waals surface area contributed by atoms with E-state index < -0.39 is 0 Å². The topological polar surface area (TPSA) is 66.9 Å². The van der Waals surface area contributed by atoms with Gasteiger partial charge < -0.3 is 19.7 Å². The number of carbonyl (C=O) groups excluding carboxylic acids is 1. The molecule has 184 valence electrons. The monoisotopic (exact) mass is 568 g/mol. The second-order valence-electron chi connectivity index (χ2n) is 7.95. The standard InChI is InChI=1S/C24H29BrN4O3S.ClH/c1-31-20-10-9-18(25)22(32-2)21(20)23(30)26-11-5-6-12-28-13-15-29(16-14-28)24-17-7-3-4-8-19(17)27-33-24;/h3-4,7-10H,5-6,11-16H2,1-2H3,(H,26,30);1H. The van der Waals surface area contributed by atoms with Crippen LogP contribution in [-0.4, -0.2) is 68.7 Å². The normalized spacial score (nSPS) is 14.0. The molecule has 1 amide bonds. The van der Waals surface area contributed by atoms with Crippen LogP contribution in [0.5, 0.6) is 11.5 Å². The van der Waals surface area contributed by atoms with Crippen molar-refractivity contribution in [1.29, 1.82) is 0 Å². The van der Waals surface area contributed by atoms with Crippen molar-refractivity contribution in [3.63, 3.8) is 0 Å². The number of amides is 1. The van der Waals surface area contributed by atoms with Crippen LogP contribution in [0.25, 0.3) is 10.9 Å². The van der Waals surface area contributed by atoms with E-state index in [4.69, 9.17) is 9.47 Å². The summed E-state index contributed by atoms with van der Waals surface area (Å²) in [5, 5.41) is 5.54. The number of fused-ring (bicyclic) bond motifs is 1. The van der Waals surface area contributed by atoms with Gasteiger partial charge in [-0.25, -0.2) is 0 Å². The molecular formula is C24H30BrClN4O3S. The van der Waals surface area contributed by atoms with Crippen LogP contribution in [0.15, 0.2) is 40.9 Å². The predicted octanol–water partition coefficient (Wildman–Crippen LogP) is 4.83. The zero-order valence-electron chi connectivity index (χ0n) is 19.4.